The number of rotatable bonds is 74. The average molecular weight is 1380 g/mol. The van der Waals surface area contributed by atoms with Crippen LogP contribution in [0.25, 0.3) is 0 Å². The number of phosphoric ester groups is 2. The van der Waals surface area contributed by atoms with E-state index < -0.39 is 97.5 Å². The third-order valence-electron chi connectivity index (χ3n) is 16.9. The Morgan fingerprint density at radius 2 is 0.489 bits per heavy atom. The number of ether oxygens (including phenoxy) is 4. The molecule has 0 saturated carbocycles. The number of phosphoric acid groups is 2. The quantitative estimate of drug-likeness (QED) is 0.0169. The highest BCUT2D eigenvalue weighted by atomic mass is 31.2. The summed E-state index contributed by atoms with van der Waals surface area (Å²) >= 11 is 0. The van der Waals surface area contributed by atoms with E-state index in [1.807, 2.05) is 0 Å². The van der Waals surface area contributed by atoms with Gasteiger partial charge in [-0.05, 0) is 77.0 Å². The maximum Gasteiger partial charge on any atom is 0.472 e. The van der Waals surface area contributed by atoms with Crippen LogP contribution in [0.5, 0.6) is 0 Å². The second-order valence-corrected chi connectivity index (χ2v) is 29.2. The molecule has 19 heteroatoms. The summed E-state index contributed by atoms with van der Waals surface area (Å²) in [6.45, 7) is 4.92. The highest BCUT2D eigenvalue weighted by Crippen LogP contribution is 2.45. The van der Waals surface area contributed by atoms with Gasteiger partial charge in [-0.2, -0.15) is 0 Å². The van der Waals surface area contributed by atoms with E-state index in [9.17, 15) is 43.2 Å². The largest absolute Gasteiger partial charge is 0.472 e. The Hall–Kier alpha value is -2.46. The molecule has 2 unspecified atom stereocenters. The molecule has 0 aromatic rings. The molecule has 0 amide bonds. The van der Waals surface area contributed by atoms with Gasteiger partial charge in [0.15, 0.2) is 12.2 Å². The van der Waals surface area contributed by atoms with Crippen molar-refractivity contribution in [2.45, 2.75) is 393 Å². The number of hydrogen-bond acceptors (Lipinski definition) is 15. The molecule has 5 atom stereocenters. The van der Waals surface area contributed by atoms with Gasteiger partial charge in [0.2, 0.25) is 0 Å². The average Bonchev–Trinajstić information content (AvgIpc) is 1.63. The number of aliphatic hydroxyl groups excluding tert-OH is 1. The van der Waals surface area contributed by atoms with Gasteiger partial charge in [-0.1, -0.05) is 296 Å². The van der Waals surface area contributed by atoms with Crippen LogP contribution in [0.1, 0.15) is 374 Å². The molecule has 0 radical (unpaired) electrons. The van der Waals surface area contributed by atoms with Gasteiger partial charge in [0, 0.05) is 25.7 Å². The number of esters is 4. The first-order valence-electron chi connectivity index (χ1n) is 38.6. The number of carbonyl (C=O) groups is 4. The molecule has 0 aliphatic carbocycles. The van der Waals surface area contributed by atoms with Crippen LogP contribution >= 0.6 is 15.6 Å². The minimum Gasteiger partial charge on any atom is -0.462 e. The van der Waals surface area contributed by atoms with Crippen LogP contribution in [0.15, 0.2) is 24.3 Å². The van der Waals surface area contributed by atoms with E-state index in [0.29, 0.717) is 25.7 Å². The molecule has 0 aromatic carbocycles. The minimum absolute atomic E-state index is 0.0906. The van der Waals surface area contributed by atoms with E-state index in [1.54, 1.807) is 0 Å². The summed E-state index contributed by atoms with van der Waals surface area (Å²) < 4.78 is 68.5. The standard InChI is InChI=1S/C75H142O17P2/c1-5-9-13-17-21-25-29-33-34-38-40-44-48-52-56-60-73(78)86-66-71(92-75(80)62-58-54-50-46-42-37-32-28-24-20-16-12-8-4)68-90-94(83,84)88-64-69(76)63-87-93(81,82)89-67-70(91-74(79)61-57-53-49-45-41-36-31-27-23-19-15-11-7-3)65-85-72(77)59-55-51-47-43-39-35-30-26-22-18-14-10-6-2/h28,32-34,69-71,76H,5-27,29-31,35-68H2,1-4H3,(H,81,82)(H,83,84)/b32-28-,34-33-/t69-,70+,71+/m0/s1. The maximum atomic E-state index is 13.1. The molecular weight excluding hydrogens is 1230 g/mol. The van der Waals surface area contributed by atoms with Crippen LogP contribution in [0.3, 0.4) is 0 Å². The lowest BCUT2D eigenvalue weighted by Gasteiger charge is -2.21. The van der Waals surface area contributed by atoms with Crippen molar-refractivity contribution in [2.24, 2.45) is 0 Å². The van der Waals surface area contributed by atoms with Crippen molar-refractivity contribution in [3.8, 4) is 0 Å². The van der Waals surface area contributed by atoms with E-state index in [1.165, 1.54) is 173 Å². The lowest BCUT2D eigenvalue weighted by atomic mass is 10.0. The second-order valence-electron chi connectivity index (χ2n) is 26.3. The Morgan fingerprint density at radius 3 is 0.745 bits per heavy atom. The number of carbonyl (C=O) groups excluding carboxylic acids is 4. The summed E-state index contributed by atoms with van der Waals surface area (Å²) in [5, 5.41) is 10.6. The zero-order valence-corrected chi connectivity index (χ0v) is 62.2. The summed E-state index contributed by atoms with van der Waals surface area (Å²) in [7, 11) is -9.92. The van der Waals surface area contributed by atoms with Gasteiger partial charge >= 0.3 is 39.5 Å². The first-order valence-corrected chi connectivity index (χ1v) is 41.6. The fraction of sp³-hybridized carbons (Fsp3) is 0.893. The molecule has 94 heavy (non-hydrogen) atoms. The van der Waals surface area contributed by atoms with Gasteiger partial charge in [-0.3, -0.25) is 37.3 Å². The fourth-order valence-corrected chi connectivity index (χ4v) is 12.6. The Balaban J connectivity index is 5.29. The smallest absolute Gasteiger partial charge is 0.462 e. The molecule has 3 N–H and O–H groups in total. The first-order chi connectivity index (χ1) is 45.7. The number of aliphatic hydroxyl groups is 1. The van der Waals surface area contributed by atoms with Gasteiger partial charge in [-0.25, -0.2) is 9.13 Å². The van der Waals surface area contributed by atoms with E-state index >= 15 is 0 Å². The minimum atomic E-state index is -4.96. The third kappa shape index (κ3) is 68.1. The Morgan fingerprint density at radius 1 is 0.287 bits per heavy atom. The molecular formula is C75H142O17P2. The Kier molecular flexibility index (Phi) is 67.2. The zero-order valence-electron chi connectivity index (χ0n) is 60.4. The van der Waals surface area contributed by atoms with Crippen molar-refractivity contribution in [3.63, 3.8) is 0 Å². The van der Waals surface area contributed by atoms with Crippen molar-refractivity contribution in [3.05, 3.63) is 24.3 Å². The zero-order chi connectivity index (χ0) is 69.0. The lowest BCUT2D eigenvalue weighted by molar-refractivity contribution is -0.161. The Bertz CT molecular complexity index is 1880. The van der Waals surface area contributed by atoms with E-state index in [-0.39, 0.29) is 25.7 Å². The normalized spacial score (nSPS) is 14.1. The van der Waals surface area contributed by atoms with Gasteiger partial charge in [0.25, 0.3) is 0 Å². The predicted molar refractivity (Wildman–Crippen MR) is 381 cm³/mol. The van der Waals surface area contributed by atoms with E-state index in [4.69, 9.17) is 37.0 Å². The third-order valence-corrected chi connectivity index (χ3v) is 18.8. The summed E-state index contributed by atoms with van der Waals surface area (Å²) in [4.78, 5) is 72.8. The van der Waals surface area contributed by atoms with Crippen LogP contribution in [-0.4, -0.2) is 96.7 Å². The SMILES string of the molecule is CCCCCC/C=C\CCCCCCCC(=O)O[C@H](COC(=O)CCCCCCC/C=C\CCCCCCCC)COP(=O)(O)OC[C@@H](O)COP(=O)(O)OC[C@@H](COC(=O)CCCCCCCCCCCCCCC)OC(=O)CCCCCCCCCCCCCCC. The van der Waals surface area contributed by atoms with Crippen molar-refractivity contribution in [1.82, 2.24) is 0 Å². The monoisotopic (exact) mass is 1380 g/mol. The van der Waals surface area contributed by atoms with Crippen LogP contribution in [0.4, 0.5) is 0 Å². The van der Waals surface area contributed by atoms with Crippen LogP contribution in [0, 0.1) is 0 Å². The molecule has 0 spiro atoms. The number of hydrogen-bond donors (Lipinski definition) is 3. The van der Waals surface area contributed by atoms with Gasteiger partial charge in [0.05, 0.1) is 26.4 Å². The van der Waals surface area contributed by atoms with Gasteiger partial charge in [-0.15, -0.1) is 0 Å². The number of unbranched alkanes of at least 4 members (excludes halogenated alkanes) is 44. The predicted octanol–water partition coefficient (Wildman–Crippen LogP) is 21.8. The van der Waals surface area contributed by atoms with Crippen molar-refractivity contribution in [2.75, 3.05) is 39.6 Å². The first kappa shape index (κ1) is 91.5. The summed E-state index contributed by atoms with van der Waals surface area (Å²) in [6, 6.07) is 0. The molecule has 0 bridgehead atoms. The van der Waals surface area contributed by atoms with Crippen LogP contribution < -0.4 is 0 Å². The fourth-order valence-electron chi connectivity index (χ4n) is 11.0. The van der Waals surface area contributed by atoms with Crippen LogP contribution in [-0.2, 0) is 65.4 Å². The maximum absolute atomic E-state index is 13.1. The highest BCUT2D eigenvalue weighted by Gasteiger charge is 2.30. The van der Waals surface area contributed by atoms with Crippen molar-refractivity contribution in [1.29, 1.82) is 0 Å². The molecule has 0 fully saturated rings. The Labute approximate surface area is 573 Å². The van der Waals surface area contributed by atoms with Crippen molar-refractivity contribution >= 4 is 39.5 Å². The van der Waals surface area contributed by atoms with E-state index in [2.05, 4.69) is 52.0 Å². The molecule has 554 valence electrons. The van der Waals surface area contributed by atoms with Crippen LogP contribution in [0.2, 0.25) is 0 Å². The summed E-state index contributed by atoms with van der Waals surface area (Å²) in [6.07, 6.45) is 61.6. The van der Waals surface area contributed by atoms with E-state index in [0.717, 1.165) is 122 Å². The van der Waals surface area contributed by atoms with Gasteiger partial charge < -0.3 is 33.8 Å². The molecule has 0 aromatic heterocycles. The van der Waals surface area contributed by atoms with Gasteiger partial charge in [0.1, 0.15) is 19.3 Å². The number of allylic oxidation sites excluding steroid dienone is 4. The molecule has 17 nitrogen and oxygen atoms in total. The highest BCUT2D eigenvalue weighted by molar-refractivity contribution is 7.47. The second kappa shape index (κ2) is 69.0. The molecule has 0 rings (SSSR count). The molecule has 0 aliphatic heterocycles. The summed E-state index contributed by atoms with van der Waals surface area (Å²) in [5.74, 6) is -2.15. The molecule has 0 saturated heterocycles. The molecule has 0 aliphatic rings. The molecule has 0 heterocycles. The van der Waals surface area contributed by atoms with Crippen molar-refractivity contribution < 1.29 is 80.2 Å². The summed E-state index contributed by atoms with van der Waals surface area (Å²) in [5.41, 5.74) is 0. The topological polar surface area (TPSA) is 237 Å². The lowest BCUT2D eigenvalue weighted by Crippen LogP contribution is -2.30.